The zero-order chi connectivity index (χ0) is 15.6. The zero-order valence-corrected chi connectivity index (χ0v) is 15.6. The van der Waals surface area contributed by atoms with Gasteiger partial charge in [-0.1, -0.05) is 83.9 Å². The normalized spacial score (nSPS) is 11.5. The van der Waals surface area contributed by atoms with E-state index in [0.29, 0.717) is 21.6 Å². The fraction of sp³-hybridized carbons (Fsp3) is 0.250. The highest BCUT2D eigenvalue weighted by Gasteiger charge is 2.15. The summed E-state index contributed by atoms with van der Waals surface area (Å²) < 4.78 is 0. The number of halogens is 3. The van der Waals surface area contributed by atoms with Gasteiger partial charge in [0, 0.05) is 11.6 Å². The molecule has 21 heavy (non-hydrogen) atoms. The molecule has 5 heteroatoms. The van der Waals surface area contributed by atoms with Crippen LogP contribution in [0.4, 0.5) is 5.69 Å². The number of rotatable bonds is 4. The number of anilines is 1. The summed E-state index contributed by atoms with van der Waals surface area (Å²) in [6.07, 6.45) is 0. The minimum atomic E-state index is -1.24. The molecule has 0 saturated carbocycles. The largest absolute Gasteiger partial charge is 0.379 e. The molecule has 0 unspecified atom stereocenters. The molecule has 0 saturated heterocycles. The number of nitrogens with one attached hydrogen (secondary N) is 1. The van der Waals surface area contributed by atoms with Gasteiger partial charge in [-0.15, -0.1) is 0 Å². The standard InChI is InChI=1S/C16H18Cl3NSi/c1-21(2,3)13-6-4-11(5-7-13)10-20-16-14(18)8-12(17)9-15(16)19/h4-9,20H,10H2,1-3H3. The van der Waals surface area contributed by atoms with Gasteiger partial charge in [0.05, 0.1) is 23.8 Å². The first-order valence-electron chi connectivity index (χ1n) is 6.75. The molecule has 0 amide bonds. The topological polar surface area (TPSA) is 12.0 Å². The van der Waals surface area contributed by atoms with E-state index in [9.17, 15) is 0 Å². The van der Waals surface area contributed by atoms with Crippen LogP contribution in [-0.2, 0) is 6.54 Å². The number of benzene rings is 2. The molecular formula is C16H18Cl3NSi. The SMILES string of the molecule is C[Si](C)(C)c1ccc(CNc2c(Cl)cc(Cl)cc2Cl)cc1. The van der Waals surface area contributed by atoms with Gasteiger partial charge in [0.1, 0.15) is 0 Å². The van der Waals surface area contributed by atoms with Gasteiger partial charge in [-0.25, -0.2) is 0 Å². The van der Waals surface area contributed by atoms with Crippen LogP contribution in [0, 0.1) is 0 Å². The second kappa shape index (κ2) is 6.61. The van der Waals surface area contributed by atoms with Gasteiger partial charge < -0.3 is 5.32 Å². The van der Waals surface area contributed by atoms with Crippen molar-refractivity contribution < 1.29 is 0 Å². The summed E-state index contributed by atoms with van der Waals surface area (Å²) in [4.78, 5) is 0. The average Bonchev–Trinajstić information content (AvgIpc) is 2.37. The highest BCUT2D eigenvalue weighted by molar-refractivity contribution is 6.88. The van der Waals surface area contributed by atoms with Crippen molar-refractivity contribution in [2.75, 3.05) is 5.32 Å². The smallest absolute Gasteiger partial charge is 0.0775 e. The Labute approximate surface area is 142 Å². The highest BCUT2D eigenvalue weighted by atomic mass is 35.5. The summed E-state index contributed by atoms with van der Waals surface area (Å²) in [5.41, 5.74) is 1.91. The Hall–Kier alpha value is -0.673. The first-order chi connectivity index (χ1) is 9.77. The maximum absolute atomic E-state index is 6.16. The molecular weight excluding hydrogens is 341 g/mol. The predicted molar refractivity (Wildman–Crippen MR) is 98.2 cm³/mol. The van der Waals surface area contributed by atoms with E-state index in [2.05, 4.69) is 49.2 Å². The third-order valence-electron chi connectivity index (χ3n) is 3.30. The fourth-order valence-corrected chi connectivity index (χ4v) is 4.14. The van der Waals surface area contributed by atoms with Crippen molar-refractivity contribution in [2.45, 2.75) is 26.2 Å². The van der Waals surface area contributed by atoms with Gasteiger partial charge in [0.25, 0.3) is 0 Å². The molecule has 0 aromatic heterocycles. The molecule has 0 radical (unpaired) electrons. The lowest BCUT2D eigenvalue weighted by Gasteiger charge is -2.17. The lowest BCUT2D eigenvalue weighted by Crippen LogP contribution is -2.37. The summed E-state index contributed by atoms with van der Waals surface area (Å²) in [7, 11) is -1.24. The summed E-state index contributed by atoms with van der Waals surface area (Å²) in [6, 6.07) is 12.1. The van der Waals surface area contributed by atoms with E-state index in [0.717, 1.165) is 5.69 Å². The third-order valence-corrected chi connectivity index (χ3v) is 6.18. The van der Waals surface area contributed by atoms with Crippen LogP contribution in [0.15, 0.2) is 36.4 Å². The molecule has 112 valence electrons. The maximum atomic E-state index is 6.16. The van der Waals surface area contributed by atoms with E-state index in [1.807, 2.05) is 0 Å². The summed E-state index contributed by atoms with van der Waals surface area (Å²) >= 11 is 18.2. The molecule has 0 atom stereocenters. The molecule has 0 fully saturated rings. The van der Waals surface area contributed by atoms with Crippen molar-refractivity contribution in [1.82, 2.24) is 0 Å². The van der Waals surface area contributed by atoms with Crippen LogP contribution in [-0.4, -0.2) is 8.07 Å². The average molecular weight is 359 g/mol. The Morgan fingerprint density at radius 3 is 1.90 bits per heavy atom. The van der Waals surface area contributed by atoms with E-state index in [4.69, 9.17) is 34.8 Å². The van der Waals surface area contributed by atoms with Crippen LogP contribution in [0.5, 0.6) is 0 Å². The van der Waals surface area contributed by atoms with E-state index >= 15 is 0 Å². The zero-order valence-electron chi connectivity index (χ0n) is 12.3. The molecule has 0 heterocycles. The van der Waals surface area contributed by atoms with Crippen LogP contribution in [0.3, 0.4) is 0 Å². The van der Waals surface area contributed by atoms with Crippen molar-refractivity contribution in [1.29, 1.82) is 0 Å². The Balaban J connectivity index is 2.10. The van der Waals surface area contributed by atoms with Gasteiger partial charge in [-0.3, -0.25) is 0 Å². The molecule has 0 aliphatic heterocycles. The lowest BCUT2D eigenvalue weighted by molar-refractivity contribution is 1.15. The van der Waals surface area contributed by atoms with Crippen molar-refractivity contribution in [3.8, 4) is 0 Å². The first-order valence-corrected chi connectivity index (χ1v) is 11.4. The molecule has 2 rings (SSSR count). The van der Waals surface area contributed by atoms with Crippen molar-refractivity contribution in [2.24, 2.45) is 0 Å². The second-order valence-corrected chi connectivity index (χ2v) is 12.4. The highest BCUT2D eigenvalue weighted by Crippen LogP contribution is 2.33. The Morgan fingerprint density at radius 2 is 1.43 bits per heavy atom. The van der Waals surface area contributed by atoms with Gasteiger partial charge in [0.15, 0.2) is 0 Å². The maximum Gasteiger partial charge on any atom is 0.0775 e. The van der Waals surface area contributed by atoms with Gasteiger partial charge in [-0.05, 0) is 17.7 Å². The number of hydrogen-bond donors (Lipinski definition) is 1. The lowest BCUT2D eigenvalue weighted by atomic mass is 10.2. The van der Waals surface area contributed by atoms with E-state index < -0.39 is 8.07 Å². The van der Waals surface area contributed by atoms with Gasteiger partial charge >= 0.3 is 0 Å². The molecule has 0 aliphatic rings. The van der Waals surface area contributed by atoms with Crippen molar-refractivity contribution in [3.05, 3.63) is 57.0 Å². The summed E-state index contributed by atoms with van der Waals surface area (Å²) in [6.45, 7) is 7.70. The Morgan fingerprint density at radius 1 is 0.905 bits per heavy atom. The molecule has 0 aliphatic carbocycles. The molecule has 2 aromatic rings. The monoisotopic (exact) mass is 357 g/mol. The molecule has 0 spiro atoms. The molecule has 1 nitrogen and oxygen atoms in total. The van der Waals surface area contributed by atoms with Crippen molar-refractivity contribution >= 4 is 53.8 Å². The third kappa shape index (κ3) is 4.40. The van der Waals surface area contributed by atoms with E-state index in [1.165, 1.54) is 10.8 Å². The minimum Gasteiger partial charge on any atom is -0.379 e. The second-order valence-electron chi connectivity index (χ2n) is 6.04. The van der Waals surface area contributed by atoms with E-state index in [1.54, 1.807) is 12.1 Å². The Bertz CT molecular complexity index is 610. The molecule has 2 aromatic carbocycles. The summed E-state index contributed by atoms with van der Waals surface area (Å²) in [5, 5.41) is 6.33. The van der Waals surface area contributed by atoms with Crippen LogP contribution in [0.25, 0.3) is 0 Å². The first kappa shape index (κ1) is 16.7. The summed E-state index contributed by atoms with van der Waals surface area (Å²) in [5.74, 6) is 0. The Kier molecular flexibility index (Phi) is 5.26. The van der Waals surface area contributed by atoms with Gasteiger partial charge in [-0.2, -0.15) is 0 Å². The number of hydrogen-bond acceptors (Lipinski definition) is 1. The van der Waals surface area contributed by atoms with Crippen LogP contribution < -0.4 is 10.5 Å². The van der Waals surface area contributed by atoms with Crippen LogP contribution in [0.1, 0.15) is 5.56 Å². The minimum absolute atomic E-state index is 0.534. The molecule has 0 bridgehead atoms. The van der Waals surface area contributed by atoms with Crippen LogP contribution in [0.2, 0.25) is 34.7 Å². The fourth-order valence-electron chi connectivity index (χ4n) is 2.02. The van der Waals surface area contributed by atoms with Crippen molar-refractivity contribution in [3.63, 3.8) is 0 Å². The predicted octanol–water partition coefficient (Wildman–Crippen LogP) is 5.80. The van der Waals surface area contributed by atoms with E-state index in [-0.39, 0.29) is 0 Å². The quantitative estimate of drug-likeness (QED) is 0.681. The van der Waals surface area contributed by atoms with Crippen LogP contribution >= 0.6 is 34.8 Å². The van der Waals surface area contributed by atoms with Gasteiger partial charge in [0.2, 0.25) is 0 Å². The molecule has 1 N–H and O–H groups in total.